The first-order valence-corrected chi connectivity index (χ1v) is 19.8. The van der Waals surface area contributed by atoms with Crippen molar-refractivity contribution in [2.45, 2.75) is 219 Å². The summed E-state index contributed by atoms with van der Waals surface area (Å²) in [4.78, 5) is 48.1. The van der Waals surface area contributed by atoms with Crippen LogP contribution in [0.25, 0.3) is 0 Å². The summed E-state index contributed by atoms with van der Waals surface area (Å²) < 4.78 is 9.97. The third-order valence-electron chi connectivity index (χ3n) is 8.91. The van der Waals surface area contributed by atoms with Crippen molar-refractivity contribution in [3.05, 3.63) is 12.2 Å². The summed E-state index contributed by atoms with van der Waals surface area (Å²) in [5.74, 6) is -4.90. The number of carboxylic acid groups (broad SMARTS) is 2. The molecule has 0 saturated carbocycles. The summed E-state index contributed by atoms with van der Waals surface area (Å²) in [6, 6.07) is 0. The van der Waals surface area contributed by atoms with Crippen LogP contribution in [0.5, 0.6) is 0 Å². The smallest absolute Gasteiger partial charge is 0.349 e. The highest BCUT2D eigenvalue weighted by molar-refractivity contribution is 5.87. The molecular weight excluding hydrogens is 608 g/mol. The predicted molar refractivity (Wildman–Crippen MR) is 194 cm³/mol. The van der Waals surface area contributed by atoms with Crippen LogP contribution in [-0.4, -0.2) is 46.3 Å². The summed E-state index contributed by atoms with van der Waals surface area (Å²) >= 11 is 0. The van der Waals surface area contributed by atoms with Crippen molar-refractivity contribution in [2.24, 2.45) is 0 Å². The summed E-state index contributed by atoms with van der Waals surface area (Å²) in [5.41, 5.74) is 0. The van der Waals surface area contributed by atoms with Gasteiger partial charge in [0.1, 0.15) is 0 Å². The lowest BCUT2D eigenvalue weighted by atomic mass is 10.0. The van der Waals surface area contributed by atoms with Gasteiger partial charge in [0.2, 0.25) is 12.2 Å². The van der Waals surface area contributed by atoms with E-state index < -0.39 is 36.1 Å². The van der Waals surface area contributed by atoms with E-state index >= 15 is 0 Å². The molecular formula is C40H72O8. The van der Waals surface area contributed by atoms with Gasteiger partial charge < -0.3 is 19.7 Å². The van der Waals surface area contributed by atoms with Gasteiger partial charge in [-0.2, -0.15) is 0 Å². The molecule has 0 radical (unpaired) electrons. The van der Waals surface area contributed by atoms with Crippen LogP contribution in [-0.2, 0) is 28.7 Å². The van der Waals surface area contributed by atoms with Crippen LogP contribution in [0.15, 0.2) is 12.2 Å². The van der Waals surface area contributed by atoms with Crippen LogP contribution in [0.1, 0.15) is 206 Å². The minimum Gasteiger partial charge on any atom is -0.478 e. The van der Waals surface area contributed by atoms with E-state index in [2.05, 4.69) is 26.0 Å². The molecule has 0 fully saturated rings. The lowest BCUT2D eigenvalue weighted by molar-refractivity contribution is -0.187. The quantitative estimate of drug-likeness (QED) is 0.0380. The molecule has 0 bridgehead atoms. The highest BCUT2D eigenvalue weighted by Gasteiger charge is 2.40. The molecule has 0 aliphatic carbocycles. The Kier molecular flexibility index (Phi) is 32.8. The van der Waals surface area contributed by atoms with E-state index in [-0.39, 0.29) is 12.8 Å². The number of carbonyl (C=O) groups excluding carboxylic acids is 2. The number of unbranched alkanes of at least 4 members (excludes halogenated alkanes) is 25. The molecule has 0 saturated heterocycles. The SMILES string of the molecule is CCCCCCCC/C=C\CCCCCCCC(=O)O[C@H](C(=O)O)[C@H](OC(=O)CCCCCCCCCCCCCCCCC)C(=O)O. The molecule has 0 unspecified atom stereocenters. The van der Waals surface area contributed by atoms with Gasteiger partial charge in [-0.1, -0.05) is 167 Å². The van der Waals surface area contributed by atoms with E-state index in [1.807, 2.05) is 0 Å². The number of ether oxygens (including phenoxy) is 2. The number of carboxylic acids is 2. The summed E-state index contributed by atoms with van der Waals surface area (Å²) in [6.45, 7) is 4.47. The van der Waals surface area contributed by atoms with E-state index in [0.29, 0.717) is 12.8 Å². The predicted octanol–water partition coefficient (Wildman–Crippen LogP) is 11.3. The van der Waals surface area contributed by atoms with Gasteiger partial charge in [0.15, 0.2) is 0 Å². The molecule has 0 aromatic rings. The first kappa shape index (κ1) is 45.6. The maximum Gasteiger partial charge on any atom is 0.349 e. The zero-order chi connectivity index (χ0) is 35.5. The first-order chi connectivity index (χ1) is 23.3. The molecule has 0 spiro atoms. The van der Waals surface area contributed by atoms with Crippen molar-refractivity contribution in [3.8, 4) is 0 Å². The van der Waals surface area contributed by atoms with Gasteiger partial charge in [-0.25, -0.2) is 9.59 Å². The van der Waals surface area contributed by atoms with Crippen LogP contribution in [0.2, 0.25) is 0 Å². The number of hydrogen-bond acceptors (Lipinski definition) is 6. The number of hydrogen-bond donors (Lipinski definition) is 2. The van der Waals surface area contributed by atoms with Crippen LogP contribution < -0.4 is 0 Å². The third-order valence-corrected chi connectivity index (χ3v) is 8.91. The average molecular weight is 681 g/mol. The first-order valence-electron chi connectivity index (χ1n) is 19.8. The van der Waals surface area contributed by atoms with Gasteiger partial charge in [-0.3, -0.25) is 9.59 Å². The molecule has 2 N–H and O–H groups in total. The summed E-state index contributed by atoms with van der Waals surface area (Å²) in [5, 5.41) is 19.1. The van der Waals surface area contributed by atoms with Crippen molar-refractivity contribution >= 4 is 23.9 Å². The topological polar surface area (TPSA) is 127 Å². The fourth-order valence-electron chi connectivity index (χ4n) is 5.87. The number of allylic oxidation sites excluding steroid dienone is 2. The van der Waals surface area contributed by atoms with Crippen LogP contribution in [0, 0.1) is 0 Å². The number of esters is 2. The molecule has 2 atom stereocenters. The molecule has 0 aliphatic heterocycles. The van der Waals surface area contributed by atoms with Crippen LogP contribution in [0.4, 0.5) is 0 Å². The van der Waals surface area contributed by atoms with Crippen LogP contribution in [0.3, 0.4) is 0 Å². The second kappa shape index (κ2) is 34.5. The van der Waals surface area contributed by atoms with Gasteiger partial charge in [-0.15, -0.1) is 0 Å². The third kappa shape index (κ3) is 29.7. The molecule has 8 nitrogen and oxygen atoms in total. The molecule has 0 rings (SSSR count). The Labute approximate surface area is 293 Å². The highest BCUT2D eigenvalue weighted by atomic mass is 16.6. The second-order valence-electron chi connectivity index (χ2n) is 13.5. The van der Waals surface area contributed by atoms with E-state index in [4.69, 9.17) is 9.47 Å². The maximum atomic E-state index is 12.3. The zero-order valence-electron chi connectivity index (χ0n) is 30.9. The van der Waals surface area contributed by atoms with Gasteiger partial charge in [0.05, 0.1) is 0 Å². The minimum atomic E-state index is -2.08. The molecule has 0 aromatic carbocycles. The van der Waals surface area contributed by atoms with Crippen molar-refractivity contribution in [1.29, 1.82) is 0 Å². The summed E-state index contributed by atoms with van der Waals surface area (Å²) in [7, 11) is 0. The second-order valence-corrected chi connectivity index (χ2v) is 13.5. The summed E-state index contributed by atoms with van der Waals surface area (Å²) in [6.07, 6.45) is 32.6. The Balaban J connectivity index is 4.04. The Hall–Kier alpha value is -2.38. The van der Waals surface area contributed by atoms with Crippen molar-refractivity contribution in [2.75, 3.05) is 0 Å². The van der Waals surface area contributed by atoms with Gasteiger partial charge >= 0.3 is 23.9 Å². The Morgan fingerprint density at radius 3 is 0.938 bits per heavy atom. The van der Waals surface area contributed by atoms with Crippen molar-refractivity contribution in [1.82, 2.24) is 0 Å². The zero-order valence-corrected chi connectivity index (χ0v) is 30.9. The molecule has 8 heteroatoms. The average Bonchev–Trinajstić information content (AvgIpc) is 3.06. The standard InChI is InChI=1S/C40H72O8/c1-3-5-7-9-11-13-15-17-19-21-23-25-27-29-31-33-35(41)47-37(39(43)44)38(40(45)46)48-36(42)34-32-30-28-26-24-22-20-18-16-14-12-10-8-6-4-2/h17,19,37-38H,3-16,18,20-34H2,1-2H3,(H,43,44)(H,45,46)/b19-17-/t37-,38-/m0/s1. The fourth-order valence-corrected chi connectivity index (χ4v) is 5.87. The van der Waals surface area contributed by atoms with E-state index in [1.165, 1.54) is 109 Å². The Morgan fingerprint density at radius 1 is 0.417 bits per heavy atom. The maximum absolute atomic E-state index is 12.3. The molecule has 0 amide bonds. The monoisotopic (exact) mass is 681 g/mol. The normalized spacial score (nSPS) is 12.6. The van der Waals surface area contributed by atoms with E-state index in [9.17, 15) is 29.4 Å². The lowest BCUT2D eigenvalue weighted by Crippen LogP contribution is -2.45. The van der Waals surface area contributed by atoms with E-state index in [1.54, 1.807) is 0 Å². The van der Waals surface area contributed by atoms with E-state index in [0.717, 1.165) is 57.8 Å². The largest absolute Gasteiger partial charge is 0.478 e. The molecule has 280 valence electrons. The van der Waals surface area contributed by atoms with Gasteiger partial charge in [-0.05, 0) is 38.5 Å². The molecule has 0 aromatic heterocycles. The Morgan fingerprint density at radius 2 is 0.667 bits per heavy atom. The van der Waals surface area contributed by atoms with Gasteiger partial charge in [0.25, 0.3) is 0 Å². The van der Waals surface area contributed by atoms with Crippen LogP contribution >= 0.6 is 0 Å². The van der Waals surface area contributed by atoms with Crippen molar-refractivity contribution in [3.63, 3.8) is 0 Å². The Bertz CT molecular complexity index is 824. The highest BCUT2D eigenvalue weighted by Crippen LogP contribution is 2.16. The van der Waals surface area contributed by atoms with Gasteiger partial charge in [0, 0.05) is 12.8 Å². The molecule has 0 aliphatic rings. The minimum absolute atomic E-state index is 0.00274. The number of carbonyl (C=O) groups is 4. The van der Waals surface area contributed by atoms with Crippen molar-refractivity contribution < 1.29 is 38.9 Å². The number of rotatable bonds is 36. The number of aliphatic carboxylic acids is 2. The molecule has 48 heavy (non-hydrogen) atoms. The molecule has 0 heterocycles. The lowest BCUT2D eigenvalue weighted by Gasteiger charge is -2.21. The fraction of sp³-hybridized carbons (Fsp3) is 0.850.